The SMILES string of the molecule is c1ccc(-c2ccc3ccc4c(-c5ccc(-c6ccc(-c7cccc8oc9ccccc9c78)c7oc8cc9ccccc9cc8c67)cc5)ccc5ccc2c3c54)cc1. The minimum absolute atomic E-state index is 0.872. The van der Waals surface area contributed by atoms with Crippen molar-refractivity contribution in [2.45, 2.75) is 0 Å². The van der Waals surface area contributed by atoms with E-state index in [1.165, 1.54) is 60.0 Å². The van der Waals surface area contributed by atoms with Gasteiger partial charge in [0.2, 0.25) is 0 Å². The predicted molar refractivity (Wildman–Crippen MR) is 244 cm³/mol. The topological polar surface area (TPSA) is 26.3 Å². The maximum absolute atomic E-state index is 6.95. The van der Waals surface area contributed by atoms with Crippen molar-refractivity contribution in [2.75, 3.05) is 0 Å². The lowest BCUT2D eigenvalue weighted by Gasteiger charge is -2.17. The second kappa shape index (κ2) is 11.9. The van der Waals surface area contributed by atoms with Crippen LogP contribution in [0, 0.1) is 0 Å². The van der Waals surface area contributed by atoms with Gasteiger partial charge in [-0.3, -0.25) is 0 Å². The van der Waals surface area contributed by atoms with Crippen LogP contribution >= 0.6 is 0 Å². The summed E-state index contributed by atoms with van der Waals surface area (Å²) in [6, 6.07) is 70.3. The minimum atomic E-state index is 0.872. The first-order valence-electron chi connectivity index (χ1n) is 19.9. The zero-order chi connectivity index (χ0) is 37.9. The van der Waals surface area contributed by atoms with Crippen LogP contribution in [0.4, 0.5) is 0 Å². The number of para-hydroxylation sites is 1. The predicted octanol–water partition coefficient (Wildman–Crippen LogP) is 16.2. The number of fused-ring (bicyclic) bond motifs is 7. The number of rotatable bonds is 4. The van der Waals surface area contributed by atoms with E-state index in [1.54, 1.807) is 0 Å². The average molecular weight is 737 g/mol. The molecule has 0 N–H and O–H groups in total. The third-order valence-electron chi connectivity index (χ3n) is 12.4. The largest absolute Gasteiger partial charge is 0.456 e. The first kappa shape index (κ1) is 31.5. The van der Waals surface area contributed by atoms with Crippen molar-refractivity contribution in [2.24, 2.45) is 0 Å². The van der Waals surface area contributed by atoms with Gasteiger partial charge in [-0.15, -0.1) is 0 Å². The Hall–Kier alpha value is -7.68. The molecule has 0 aliphatic rings. The molecule has 13 aromatic rings. The highest BCUT2D eigenvalue weighted by atomic mass is 16.3. The fourth-order valence-corrected chi connectivity index (χ4v) is 9.77. The molecule has 0 saturated heterocycles. The molecule has 2 nitrogen and oxygen atoms in total. The second-order valence-corrected chi connectivity index (χ2v) is 15.5. The van der Waals surface area contributed by atoms with Crippen LogP contribution in [0.3, 0.4) is 0 Å². The maximum Gasteiger partial charge on any atom is 0.143 e. The summed E-state index contributed by atoms with van der Waals surface area (Å²) < 4.78 is 13.3. The van der Waals surface area contributed by atoms with Crippen LogP contribution in [0.2, 0.25) is 0 Å². The second-order valence-electron chi connectivity index (χ2n) is 15.5. The first-order chi connectivity index (χ1) is 28.7. The van der Waals surface area contributed by atoms with Crippen molar-refractivity contribution in [3.63, 3.8) is 0 Å². The van der Waals surface area contributed by atoms with Gasteiger partial charge in [-0.2, -0.15) is 0 Å². The Labute approximate surface area is 333 Å². The Morgan fingerprint density at radius 2 is 0.810 bits per heavy atom. The monoisotopic (exact) mass is 736 g/mol. The summed E-state index contributed by atoms with van der Waals surface area (Å²) >= 11 is 0. The molecule has 2 heterocycles. The number of hydrogen-bond donors (Lipinski definition) is 0. The Morgan fingerprint density at radius 1 is 0.241 bits per heavy atom. The van der Waals surface area contributed by atoms with E-state index in [9.17, 15) is 0 Å². The fourth-order valence-electron chi connectivity index (χ4n) is 9.77. The number of hydrogen-bond acceptors (Lipinski definition) is 2. The normalized spacial score (nSPS) is 12.1. The number of benzene rings is 11. The van der Waals surface area contributed by atoms with Crippen molar-refractivity contribution >= 4 is 87.0 Å². The maximum atomic E-state index is 6.95. The van der Waals surface area contributed by atoms with Crippen LogP contribution in [-0.4, -0.2) is 0 Å². The molecule has 0 amide bonds. The van der Waals surface area contributed by atoms with Gasteiger partial charge >= 0.3 is 0 Å². The molecular formula is C56H32O2. The Bertz CT molecular complexity index is 3770. The molecule has 13 rings (SSSR count). The molecule has 0 saturated carbocycles. The molecule has 2 aromatic heterocycles. The van der Waals surface area contributed by atoms with E-state index in [1.807, 2.05) is 12.1 Å². The molecule has 58 heavy (non-hydrogen) atoms. The minimum Gasteiger partial charge on any atom is -0.456 e. The zero-order valence-corrected chi connectivity index (χ0v) is 31.3. The van der Waals surface area contributed by atoms with Gasteiger partial charge < -0.3 is 8.83 Å². The Morgan fingerprint density at radius 3 is 1.55 bits per heavy atom. The Kier molecular flexibility index (Phi) is 6.47. The van der Waals surface area contributed by atoms with E-state index in [2.05, 4.69) is 182 Å². The third kappa shape index (κ3) is 4.48. The summed E-state index contributed by atoms with van der Waals surface area (Å²) in [5.41, 5.74) is 12.9. The molecular weight excluding hydrogens is 705 g/mol. The summed E-state index contributed by atoms with van der Waals surface area (Å²) in [7, 11) is 0. The Balaban J connectivity index is 1.00. The third-order valence-corrected chi connectivity index (χ3v) is 12.4. The van der Waals surface area contributed by atoms with Crippen molar-refractivity contribution in [1.29, 1.82) is 0 Å². The van der Waals surface area contributed by atoms with Gasteiger partial charge in [0.25, 0.3) is 0 Å². The summed E-state index contributed by atoms with van der Waals surface area (Å²) in [5.74, 6) is 0. The lowest BCUT2D eigenvalue weighted by molar-refractivity contribution is 0.669. The lowest BCUT2D eigenvalue weighted by atomic mass is 9.87. The van der Waals surface area contributed by atoms with Crippen LogP contribution in [0.15, 0.2) is 203 Å². The van der Waals surface area contributed by atoms with Crippen LogP contribution in [0.25, 0.3) is 131 Å². The van der Waals surface area contributed by atoms with E-state index in [-0.39, 0.29) is 0 Å². The van der Waals surface area contributed by atoms with Crippen LogP contribution < -0.4 is 0 Å². The van der Waals surface area contributed by atoms with Crippen LogP contribution in [0.1, 0.15) is 0 Å². The van der Waals surface area contributed by atoms with Gasteiger partial charge in [0, 0.05) is 27.1 Å². The molecule has 11 aromatic carbocycles. The van der Waals surface area contributed by atoms with Gasteiger partial charge in [0.15, 0.2) is 0 Å². The molecule has 268 valence electrons. The molecule has 0 unspecified atom stereocenters. The van der Waals surface area contributed by atoms with E-state index < -0.39 is 0 Å². The van der Waals surface area contributed by atoms with Crippen molar-refractivity contribution in [3.05, 3.63) is 194 Å². The number of furan rings is 2. The van der Waals surface area contributed by atoms with Crippen molar-refractivity contribution in [1.82, 2.24) is 0 Å². The molecule has 0 radical (unpaired) electrons. The molecule has 0 fully saturated rings. The van der Waals surface area contributed by atoms with Crippen molar-refractivity contribution < 1.29 is 8.83 Å². The summed E-state index contributed by atoms with van der Waals surface area (Å²) in [6.45, 7) is 0. The first-order valence-corrected chi connectivity index (χ1v) is 19.9. The van der Waals surface area contributed by atoms with Gasteiger partial charge in [-0.25, -0.2) is 0 Å². The molecule has 2 heteroatoms. The van der Waals surface area contributed by atoms with Gasteiger partial charge in [0.1, 0.15) is 22.3 Å². The van der Waals surface area contributed by atoms with Gasteiger partial charge in [0.05, 0.1) is 0 Å². The molecule has 0 aliphatic carbocycles. The highest BCUT2D eigenvalue weighted by Crippen LogP contribution is 2.47. The van der Waals surface area contributed by atoms with E-state index in [0.717, 1.165) is 71.5 Å². The lowest BCUT2D eigenvalue weighted by Crippen LogP contribution is -1.89. The average Bonchev–Trinajstić information content (AvgIpc) is 3.86. The fraction of sp³-hybridized carbons (Fsp3) is 0. The quantitative estimate of drug-likeness (QED) is 0.168. The van der Waals surface area contributed by atoms with Crippen LogP contribution in [-0.2, 0) is 0 Å². The smallest absolute Gasteiger partial charge is 0.143 e. The summed E-state index contributed by atoms with van der Waals surface area (Å²) in [6.07, 6.45) is 0. The van der Waals surface area contributed by atoms with E-state index >= 15 is 0 Å². The molecule has 0 atom stereocenters. The highest BCUT2D eigenvalue weighted by molar-refractivity contribution is 6.28. The van der Waals surface area contributed by atoms with Gasteiger partial charge in [-0.05, 0) is 112 Å². The molecule has 0 bridgehead atoms. The van der Waals surface area contributed by atoms with Gasteiger partial charge in [-0.1, -0.05) is 164 Å². The van der Waals surface area contributed by atoms with E-state index in [4.69, 9.17) is 8.83 Å². The van der Waals surface area contributed by atoms with E-state index in [0.29, 0.717) is 0 Å². The molecule has 0 aliphatic heterocycles. The van der Waals surface area contributed by atoms with Crippen molar-refractivity contribution in [3.8, 4) is 44.5 Å². The highest BCUT2D eigenvalue weighted by Gasteiger charge is 2.21. The molecule has 0 spiro atoms. The zero-order valence-electron chi connectivity index (χ0n) is 31.3. The summed E-state index contributed by atoms with van der Waals surface area (Å²) in [4.78, 5) is 0. The van der Waals surface area contributed by atoms with Crippen LogP contribution in [0.5, 0.6) is 0 Å². The summed E-state index contributed by atoms with van der Waals surface area (Å²) in [5, 5.41) is 14.5. The standard InChI is InChI=1S/C56H32O2/c1-2-9-33(10-3-1)40-25-21-36-24-28-45-41(26-22-37-23-27-44(40)52(36)53(37)45)34-17-19-35(20-18-34)42-29-30-46(43-14-8-16-50-54(43)47-13-6-7-15-49(47)57-50)56-55(42)48-31-38-11-4-5-12-39(38)32-51(48)58-56/h1-32H.